The highest BCUT2D eigenvalue weighted by Crippen LogP contribution is 2.02. The number of hydrogen-bond donors (Lipinski definition) is 1. The summed E-state index contributed by atoms with van der Waals surface area (Å²) in [4.78, 5) is 10.7. The summed E-state index contributed by atoms with van der Waals surface area (Å²) in [6.07, 6.45) is 1.51. The number of ether oxygens (including phenoxy) is 1. The van der Waals surface area contributed by atoms with Gasteiger partial charge < -0.3 is 9.84 Å². The molecule has 6 nitrogen and oxygen atoms in total. The molecular formula is C7H11N3O3. The SMILES string of the molecule is CC(=O)Cn1cc(OCCO)nn1. The van der Waals surface area contributed by atoms with Crippen molar-refractivity contribution in [1.29, 1.82) is 0 Å². The van der Waals surface area contributed by atoms with Crippen LogP contribution in [0, 0.1) is 0 Å². The van der Waals surface area contributed by atoms with Crippen molar-refractivity contribution in [3.8, 4) is 5.88 Å². The molecule has 0 atom stereocenters. The number of Topliss-reactive ketones (excluding diaryl/α,β-unsaturated/α-hetero) is 1. The van der Waals surface area contributed by atoms with Gasteiger partial charge in [0.15, 0.2) is 5.78 Å². The second kappa shape index (κ2) is 4.56. The molecule has 0 unspecified atom stereocenters. The van der Waals surface area contributed by atoms with Gasteiger partial charge in [-0.3, -0.25) is 4.79 Å². The van der Waals surface area contributed by atoms with Gasteiger partial charge in [0, 0.05) is 0 Å². The fourth-order valence-electron chi connectivity index (χ4n) is 0.802. The topological polar surface area (TPSA) is 77.2 Å². The molecule has 1 aromatic rings. The van der Waals surface area contributed by atoms with Crippen LogP contribution in [0.2, 0.25) is 0 Å². The first-order valence-electron chi connectivity index (χ1n) is 3.85. The first-order chi connectivity index (χ1) is 6.22. The molecule has 13 heavy (non-hydrogen) atoms. The van der Waals surface area contributed by atoms with Gasteiger partial charge in [-0.25, -0.2) is 4.68 Å². The van der Waals surface area contributed by atoms with E-state index < -0.39 is 0 Å². The van der Waals surface area contributed by atoms with Gasteiger partial charge in [-0.15, -0.1) is 0 Å². The van der Waals surface area contributed by atoms with Gasteiger partial charge in [0.05, 0.1) is 12.8 Å². The highest BCUT2D eigenvalue weighted by molar-refractivity contribution is 5.75. The third-order valence-corrected chi connectivity index (χ3v) is 1.24. The van der Waals surface area contributed by atoms with Crippen LogP contribution in [-0.2, 0) is 11.3 Å². The Kier molecular flexibility index (Phi) is 3.39. The van der Waals surface area contributed by atoms with Gasteiger partial charge in [0.25, 0.3) is 5.88 Å². The third-order valence-electron chi connectivity index (χ3n) is 1.24. The minimum absolute atomic E-state index is 0.00129. The lowest BCUT2D eigenvalue weighted by Crippen LogP contribution is -2.06. The van der Waals surface area contributed by atoms with E-state index in [1.807, 2.05) is 0 Å². The number of ketones is 1. The molecule has 0 aliphatic heterocycles. The highest BCUT2D eigenvalue weighted by atomic mass is 16.5. The molecule has 0 aliphatic carbocycles. The standard InChI is InChI=1S/C7H11N3O3/c1-6(12)4-10-5-7(8-9-10)13-3-2-11/h5,11H,2-4H2,1H3. The molecule has 0 aliphatic rings. The van der Waals surface area contributed by atoms with E-state index in [4.69, 9.17) is 9.84 Å². The quantitative estimate of drug-likeness (QED) is 0.652. The van der Waals surface area contributed by atoms with Gasteiger partial charge in [-0.05, 0) is 6.92 Å². The van der Waals surface area contributed by atoms with Crippen LogP contribution in [0.25, 0.3) is 0 Å². The predicted molar refractivity (Wildman–Crippen MR) is 43.3 cm³/mol. The molecule has 0 bridgehead atoms. The minimum atomic E-state index is -0.0699. The summed E-state index contributed by atoms with van der Waals surface area (Å²) in [5, 5.41) is 15.7. The van der Waals surface area contributed by atoms with Crippen molar-refractivity contribution >= 4 is 5.78 Å². The number of aliphatic hydroxyl groups is 1. The van der Waals surface area contributed by atoms with Crippen molar-refractivity contribution in [2.24, 2.45) is 0 Å². The zero-order valence-electron chi connectivity index (χ0n) is 7.30. The van der Waals surface area contributed by atoms with Crippen LogP contribution in [0.5, 0.6) is 5.88 Å². The Hall–Kier alpha value is -1.43. The first-order valence-corrected chi connectivity index (χ1v) is 3.85. The van der Waals surface area contributed by atoms with Crippen LogP contribution < -0.4 is 4.74 Å². The molecule has 1 aromatic heterocycles. The lowest BCUT2D eigenvalue weighted by atomic mass is 10.4. The molecule has 1 heterocycles. The van der Waals surface area contributed by atoms with E-state index in [2.05, 4.69) is 10.3 Å². The predicted octanol–water partition coefficient (Wildman–Crippen LogP) is -0.762. The van der Waals surface area contributed by atoms with Gasteiger partial charge in [-0.1, -0.05) is 10.3 Å². The van der Waals surface area contributed by atoms with Crippen LogP contribution in [0.15, 0.2) is 6.20 Å². The van der Waals surface area contributed by atoms with Crippen molar-refractivity contribution in [3.63, 3.8) is 0 Å². The molecular weight excluding hydrogens is 174 g/mol. The average molecular weight is 185 g/mol. The summed E-state index contributed by atoms with van der Waals surface area (Å²) in [5.41, 5.74) is 0. The van der Waals surface area contributed by atoms with Gasteiger partial charge >= 0.3 is 0 Å². The Balaban J connectivity index is 2.48. The van der Waals surface area contributed by atoms with Crippen molar-refractivity contribution in [1.82, 2.24) is 15.0 Å². The van der Waals surface area contributed by atoms with E-state index in [-0.39, 0.29) is 25.5 Å². The average Bonchev–Trinajstić information content (AvgIpc) is 2.48. The Morgan fingerprint density at radius 1 is 1.77 bits per heavy atom. The molecule has 72 valence electrons. The van der Waals surface area contributed by atoms with Crippen LogP contribution in [0.4, 0.5) is 0 Å². The summed E-state index contributed by atoms with van der Waals surface area (Å²) in [5.74, 6) is 0.314. The van der Waals surface area contributed by atoms with E-state index in [1.165, 1.54) is 17.8 Å². The third kappa shape index (κ3) is 3.20. The second-order valence-corrected chi connectivity index (χ2v) is 2.53. The van der Waals surface area contributed by atoms with E-state index in [9.17, 15) is 4.79 Å². The summed E-state index contributed by atoms with van der Waals surface area (Å²) in [6.45, 7) is 1.77. The first kappa shape index (κ1) is 9.66. The van der Waals surface area contributed by atoms with Crippen LogP contribution in [-0.4, -0.2) is 39.1 Å². The monoisotopic (exact) mass is 185 g/mol. The zero-order chi connectivity index (χ0) is 9.68. The normalized spacial score (nSPS) is 10.0. The molecule has 1 N–H and O–H groups in total. The second-order valence-electron chi connectivity index (χ2n) is 2.53. The van der Waals surface area contributed by atoms with Gasteiger partial charge in [0.1, 0.15) is 13.2 Å². The molecule has 0 saturated heterocycles. The Morgan fingerprint density at radius 3 is 3.15 bits per heavy atom. The van der Waals surface area contributed by atoms with E-state index >= 15 is 0 Å². The maximum Gasteiger partial charge on any atom is 0.253 e. The van der Waals surface area contributed by atoms with Crippen LogP contribution in [0.1, 0.15) is 6.92 Å². The Bertz CT molecular complexity index is 284. The van der Waals surface area contributed by atoms with Crippen molar-refractivity contribution < 1.29 is 14.6 Å². The molecule has 6 heteroatoms. The van der Waals surface area contributed by atoms with Crippen molar-refractivity contribution in [3.05, 3.63) is 6.20 Å². The maximum absolute atomic E-state index is 10.7. The Labute approximate surface area is 75.1 Å². The number of aliphatic hydroxyl groups excluding tert-OH is 1. The number of carbonyl (C=O) groups is 1. The molecule has 0 aromatic carbocycles. The number of carbonyl (C=O) groups excluding carboxylic acids is 1. The number of aromatic nitrogens is 3. The fraction of sp³-hybridized carbons (Fsp3) is 0.571. The lowest BCUT2D eigenvalue weighted by molar-refractivity contribution is -0.117. The van der Waals surface area contributed by atoms with Crippen molar-refractivity contribution in [2.45, 2.75) is 13.5 Å². The summed E-state index contributed by atoms with van der Waals surface area (Å²) >= 11 is 0. The molecule has 0 amide bonds. The molecule has 0 radical (unpaired) electrons. The molecule has 0 spiro atoms. The zero-order valence-corrected chi connectivity index (χ0v) is 7.30. The number of rotatable bonds is 5. The number of hydrogen-bond acceptors (Lipinski definition) is 5. The smallest absolute Gasteiger partial charge is 0.253 e. The van der Waals surface area contributed by atoms with E-state index in [0.29, 0.717) is 5.88 Å². The maximum atomic E-state index is 10.7. The van der Waals surface area contributed by atoms with E-state index in [1.54, 1.807) is 0 Å². The van der Waals surface area contributed by atoms with E-state index in [0.717, 1.165) is 0 Å². The van der Waals surface area contributed by atoms with Crippen LogP contribution in [0.3, 0.4) is 0 Å². The lowest BCUT2D eigenvalue weighted by Gasteiger charge is -1.96. The summed E-state index contributed by atoms with van der Waals surface area (Å²) in [7, 11) is 0. The van der Waals surface area contributed by atoms with Gasteiger partial charge in [0.2, 0.25) is 0 Å². The largest absolute Gasteiger partial charge is 0.473 e. The highest BCUT2D eigenvalue weighted by Gasteiger charge is 2.02. The number of nitrogens with zero attached hydrogens (tertiary/aromatic N) is 3. The summed E-state index contributed by atoms with van der Waals surface area (Å²) < 4.78 is 6.35. The Morgan fingerprint density at radius 2 is 2.54 bits per heavy atom. The van der Waals surface area contributed by atoms with Crippen LogP contribution >= 0.6 is 0 Å². The fourth-order valence-corrected chi connectivity index (χ4v) is 0.802. The minimum Gasteiger partial charge on any atom is -0.473 e. The molecule has 1 rings (SSSR count). The van der Waals surface area contributed by atoms with Gasteiger partial charge in [-0.2, -0.15) is 0 Å². The molecule has 0 fully saturated rings. The van der Waals surface area contributed by atoms with Crippen molar-refractivity contribution in [2.75, 3.05) is 13.2 Å². The molecule has 0 saturated carbocycles. The summed E-state index contributed by atoms with van der Waals surface area (Å²) in [6, 6.07) is 0.